The standard InChI is InChI=1S/C21H21F3N6O2/c22-21(23,24)17-13-16(29-8-10-32-11-9-29)2-3-18(17)28-20(31)26-14-15-4-6-25-19(12-15)30-7-1-5-27-30/h1-7,12-13H,8-11,14H2,(H2,26,28,31). The molecule has 0 spiro atoms. The molecule has 0 saturated carbocycles. The van der Waals surface area contributed by atoms with Gasteiger partial charge in [0.25, 0.3) is 0 Å². The zero-order chi connectivity index (χ0) is 22.6. The van der Waals surface area contributed by atoms with Crippen molar-refractivity contribution < 1.29 is 22.7 Å². The number of ether oxygens (including phenoxy) is 1. The van der Waals surface area contributed by atoms with Crippen LogP contribution in [0.4, 0.5) is 29.3 Å². The summed E-state index contributed by atoms with van der Waals surface area (Å²) in [6, 6.07) is 8.33. The molecule has 1 saturated heterocycles. The summed E-state index contributed by atoms with van der Waals surface area (Å²) in [6.07, 6.45) is 0.292. The van der Waals surface area contributed by atoms with Crippen LogP contribution in [-0.4, -0.2) is 47.1 Å². The molecule has 1 aliphatic heterocycles. The number of nitrogens with zero attached hydrogens (tertiary/aromatic N) is 4. The van der Waals surface area contributed by atoms with Crippen molar-refractivity contribution in [1.82, 2.24) is 20.1 Å². The zero-order valence-corrected chi connectivity index (χ0v) is 17.0. The number of halogens is 3. The minimum absolute atomic E-state index is 0.107. The quantitative estimate of drug-likeness (QED) is 0.627. The summed E-state index contributed by atoms with van der Waals surface area (Å²) in [5.41, 5.74) is -0.0469. The molecule has 0 atom stereocenters. The van der Waals surface area contributed by atoms with Crippen molar-refractivity contribution in [2.75, 3.05) is 36.5 Å². The summed E-state index contributed by atoms with van der Waals surface area (Å²) in [7, 11) is 0. The van der Waals surface area contributed by atoms with E-state index in [0.29, 0.717) is 37.8 Å². The van der Waals surface area contributed by atoms with Gasteiger partial charge in [-0.1, -0.05) is 0 Å². The molecule has 2 amide bonds. The zero-order valence-electron chi connectivity index (χ0n) is 17.0. The van der Waals surface area contributed by atoms with Gasteiger partial charge in [0.15, 0.2) is 5.82 Å². The Kier molecular flexibility index (Phi) is 6.26. The fraction of sp³-hybridized carbons (Fsp3) is 0.286. The number of pyridine rings is 1. The summed E-state index contributed by atoms with van der Waals surface area (Å²) in [6.45, 7) is 2.05. The third-order valence-electron chi connectivity index (χ3n) is 4.94. The predicted molar refractivity (Wildman–Crippen MR) is 112 cm³/mol. The number of nitrogens with one attached hydrogen (secondary N) is 2. The van der Waals surface area contributed by atoms with Crippen LogP contribution in [0, 0.1) is 0 Å². The SMILES string of the molecule is O=C(NCc1ccnc(-n2cccn2)c1)Nc1ccc(N2CCOCC2)cc1C(F)(F)F. The number of morpholine rings is 1. The Morgan fingerprint density at radius 3 is 2.66 bits per heavy atom. The van der Waals surface area contributed by atoms with Crippen LogP contribution in [0.25, 0.3) is 5.82 Å². The van der Waals surface area contributed by atoms with Gasteiger partial charge in [-0.05, 0) is 42.0 Å². The van der Waals surface area contributed by atoms with Crippen LogP contribution in [0.1, 0.15) is 11.1 Å². The first-order valence-electron chi connectivity index (χ1n) is 9.94. The number of benzene rings is 1. The highest BCUT2D eigenvalue weighted by atomic mass is 19.4. The van der Waals surface area contributed by atoms with Gasteiger partial charge >= 0.3 is 12.2 Å². The number of carbonyl (C=O) groups is 1. The lowest BCUT2D eigenvalue weighted by Gasteiger charge is -2.29. The second kappa shape index (κ2) is 9.27. The molecule has 0 bridgehead atoms. The molecule has 3 heterocycles. The Morgan fingerprint density at radius 2 is 1.94 bits per heavy atom. The largest absolute Gasteiger partial charge is 0.418 e. The fourth-order valence-electron chi connectivity index (χ4n) is 3.34. The molecule has 2 aromatic heterocycles. The Hall–Kier alpha value is -3.60. The molecule has 11 heteroatoms. The molecule has 0 aliphatic carbocycles. The average molecular weight is 446 g/mol. The molecule has 32 heavy (non-hydrogen) atoms. The van der Waals surface area contributed by atoms with Crippen LogP contribution in [0.15, 0.2) is 55.0 Å². The number of rotatable bonds is 5. The van der Waals surface area contributed by atoms with E-state index >= 15 is 0 Å². The summed E-state index contributed by atoms with van der Waals surface area (Å²) in [4.78, 5) is 18.3. The van der Waals surface area contributed by atoms with Gasteiger partial charge in [0.05, 0.1) is 24.5 Å². The van der Waals surface area contributed by atoms with Crippen molar-refractivity contribution >= 4 is 17.4 Å². The number of alkyl halides is 3. The van der Waals surface area contributed by atoms with Gasteiger partial charge in [0.1, 0.15) is 0 Å². The first-order valence-corrected chi connectivity index (χ1v) is 9.94. The summed E-state index contributed by atoms with van der Waals surface area (Å²) in [5, 5.41) is 8.98. The molecule has 8 nitrogen and oxygen atoms in total. The van der Waals surface area contributed by atoms with Crippen LogP contribution in [0.5, 0.6) is 0 Å². The van der Waals surface area contributed by atoms with E-state index in [-0.39, 0.29) is 12.2 Å². The number of aromatic nitrogens is 3. The van der Waals surface area contributed by atoms with Gasteiger partial charge < -0.3 is 20.3 Å². The minimum Gasteiger partial charge on any atom is -0.378 e. The highest BCUT2D eigenvalue weighted by molar-refractivity contribution is 5.90. The number of anilines is 2. The van der Waals surface area contributed by atoms with Crippen LogP contribution < -0.4 is 15.5 Å². The topological polar surface area (TPSA) is 84.3 Å². The van der Waals surface area contributed by atoms with Gasteiger partial charge in [-0.2, -0.15) is 18.3 Å². The number of carbonyl (C=O) groups excluding carboxylic acids is 1. The summed E-state index contributed by atoms with van der Waals surface area (Å²) >= 11 is 0. The van der Waals surface area contributed by atoms with Crippen LogP contribution in [0.3, 0.4) is 0 Å². The van der Waals surface area contributed by atoms with Crippen molar-refractivity contribution in [2.24, 2.45) is 0 Å². The monoisotopic (exact) mass is 446 g/mol. The third kappa shape index (κ3) is 5.17. The van der Waals surface area contributed by atoms with Crippen molar-refractivity contribution in [3.63, 3.8) is 0 Å². The molecular formula is C21H21F3N6O2. The van der Waals surface area contributed by atoms with Gasteiger partial charge in [-0.25, -0.2) is 14.5 Å². The normalized spacial score (nSPS) is 14.3. The van der Waals surface area contributed by atoms with E-state index < -0.39 is 17.8 Å². The van der Waals surface area contributed by atoms with E-state index in [2.05, 4.69) is 20.7 Å². The van der Waals surface area contributed by atoms with Crippen molar-refractivity contribution in [1.29, 1.82) is 0 Å². The molecule has 0 radical (unpaired) electrons. The molecule has 1 aromatic carbocycles. The van der Waals surface area contributed by atoms with E-state index in [4.69, 9.17) is 4.74 Å². The van der Waals surface area contributed by atoms with E-state index in [0.717, 1.165) is 11.6 Å². The van der Waals surface area contributed by atoms with E-state index in [1.54, 1.807) is 47.5 Å². The second-order valence-electron chi connectivity index (χ2n) is 7.11. The van der Waals surface area contributed by atoms with Gasteiger partial charge in [0.2, 0.25) is 0 Å². The first-order chi connectivity index (χ1) is 15.4. The maximum Gasteiger partial charge on any atom is 0.418 e. The Balaban J connectivity index is 1.44. The molecule has 3 aromatic rings. The molecule has 1 aliphatic rings. The van der Waals surface area contributed by atoms with Crippen LogP contribution in [-0.2, 0) is 17.5 Å². The Morgan fingerprint density at radius 1 is 1.12 bits per heavy atom. The Bertz CT molecular complexity index is 1070. The van der Waals surface area contributed by atoms with Gasteiger partial charge in [0, 0.05) is 43.9 Å². The molecule has 4 rings (SSSR count). The highest BCUT2D eigenvalue weighted by Gasteiger charge is 2.34. The summed E-state index contributed by atoms with van der Waals surface area (Å²) in [5.74, 6) is 0.563. The number of hydrogen-bond donors (Lipinski definition) is 2. The van der Waals surface area contributed by atoms with Crippen molar-refractivity contribution in [3.8, 4) is 5.82 Å². The molecule has 2 N–H and O–H groups in total. The van der Waals surface area contributed by atoms with Gasteiger partial charge in [-0.15, -0.1) is 0 Å². The number of hydrogen-bond acceptors (Lipinski definition) is 5. The maximum absolute atomic E-state index is 13.6. The van der Waals surface area contributed by atoms with E-state index in [1.165, 1.54) is 6.07 Å². The molecular weight excluding hydrogens is 425 g/mol. The van der Waals surface area contributed by atoms with Crippen LogP contribution in [0.2, 0.25) is 0 Å². The van der Waals surface area contributed by atoms with Crippen molar-refractivity contribution in [2.45, 2.75) is 12.7 Å². The van der Waals surface area contributed by atoms with E-state index in [9.17, 15) is 18.0 Å². The lowest BCUT2D eigenvalue weighted by atomic mass is 10.1. The third-order valence-corrected chi connectivity index (χ3v) is 4.94. The van der Waals surface area contributed by atoms with E-state index in [1.807, 2.05) is 4.90 Å². The predicted octanol–water partition coefficient (Wildman–Crippen LogP) is 3.44. The Labute approximate surface area is 182 Å². The number of urea groups is 1. The lowest BCUT2D eigenvalue weighted by Crippen LogP contribution is -2.36. The second-order valence-corrected chi connectivity index (χ2v) is 7.11. The molecule has 168 valence electrons. The highest BCUT2D eigenvalue weighted by Crippen LogP contribution is 2.37. The smallest absolute Gasteiger partial charge is 0.378 e. The lowest BCUT2D eigenvalue weighted by molar-refractivity contribution is -0.136. The van der Waals surface area contributed by atoms with Gasteiger partial charge in [-0.3, -0.25) is 0 Å². The molecule has 0 unspecified atom stereocenters. The summed E-state index contributed by atoms with van der Waals surface area (Å²) < 4.78 is 47.8. The first kappa shape index (κ1) is 21.6. The van der Waals surface area contributed by atoms with Crippen LogP contribution >= 0.6 is 0 Å². The molecule has 1 fully saturated rings. The minimum atomic E-state index is -4.62. The maximum atomic E-state index is 13.6. The average Bonchev–Trinajstić information content (AvgIpc) is 3.33. The van der Waals surface area contributed by atoms with Crippen molar-refractivity contribution in [3.05, 3.63) is 66.1 Å². The number of amides is 2. The fourth-order valence-corrected chi connectivity index (χ4v) is 3.34.